The molecule has 0 spiro atoms. The Morgan fingerprint density at radius 1 is 1.67 bits per heavy atom. The lowest BCUT2D eigenvalue weighted by Crippen LogP contribution is -1.89. The lowest BCUT2D eigenvalue weighted by Gasteiger charge is -1.82. The minimum Gasteiger partial charge on any atom is -0.305 e. The van der Waals surface area contributed by atoms with Crippen LogP contribution in [0, 0.1) is 4.64 Å². The molecule has 0 aliphatic heterocycles. The average Bonchev–Trinajstić information content (AvgIpc) is 2.13. The Balaban J connectivity index is 3.81. The molecule has 0 atom stereocenters. The fraction of sp³-hybridized carbons (Fsp3) is 0.250. The minimum absolute atomic E-state index is 0.259. The molecule has 1 aromatic rings. The van der Waals surface area contributed by atoms with Crippen LogP contribution in [0.3, 0.4) is 0 Å². The Labute approximate surface area is 53.3 Å². The Morgan fingerprint density at radius 3 is 2.56 bits per heavy atom. The van der Waals surface area contributed by atoms with Gasteiger partial charge in [0.25, 0.3) is 0 Å². The zero-order chi connectivity index (χ0) is 6.85. The molecule has 9 heavy (non-hydrogen) atoms. The van der Waals surface area contributed by atoms with Gasteiger partial charge < -0.3 is 5.10 Å². The smallest absolute Gasteiger partial charge is 0.239 e. The van der Waals surface area contributed by atoms with Gasteiger partial charge in [-0.2, -0.15) is 8.42 Å². The van der Waals surface area contributed by atoms with Gasteiger partial charge in [0.1, 0.15) is 0 Å². The molecular formula is C4H6N2O2S. The highest BCUT2D eigenvalue weighted by molar-refractivity contribution is 7.63. The van der Waals surface area contributed by atoms with E-state index in [1.807, 2.05) is 0 Å². The molecule has 5 heteroatoms. The molecule has 1 aromatic heterocycles. The monoisotopic (exact) mass is 146 g/mol. The van der Waals surface area contributed by atoms with Gasteiger partial charge in [0.15, 0.2) is 4.64 Å². The highest BCUT2D eigenvalue weighted by atomic mass is 32.2. The van der Waals surface area contributed by atoms with Crippen LogP contribution in [0.4, 0.5) is 0 Å². The molecule has 0 aromatic carbocycles. The van der Waals surface area contributed by atoms with Crippen molar-refractivity contribution in [2.75, 3.05) is 0 Å². The number of aromatic nitrogens is 2. The van der Waals surface area contributed by atoms with Gasteiger partial charge >= 0.3 is 0 Å². The number of nitrogens with zero attached hydrogens (tertiary/aromatic N) is 1. The van der Waals surface area contributed by atoms with E-state index >= 15 is 0 Å². The first-order valence-electron chi connectivity index (χ1n) is 2.34. The summed E-state index contributed by atoms with van der Waals surface area (Å²) in [5.41, 5.74) is 0. The van der Waals surface area contributed by atoms with Gasteiger partial charge in [0, 0.05) is 13.2 Å². The summed E-state index contributed by atoms with van der Waals surface area (Å²) in [5.74, 6) is 0. The maximum Gasteiger partial charge on any atom is 0.239 e. The van der Waals surface area contributed by atoms with E-state index in [4.69, 9.17) is 0 Å². The quantitative estimate of drug-likeness (QED) is 0.514. The molecule has 1 heterocycles. The van der Waals surface area contributed by atoms with Crippen LogP contribution in [0.5, 0.6) is 0 Å². The normalized spacial score (nSPS) is 9.44. The largest absolute Gasteiger partial charge is 0.305 e. The molecule has 0 amide bonds. The fourth-order valence-corrected chi connectivity index (χ4v) is 1.02. The standard InChI is InChI=1S/C4H6N2O2S/c1-6-4(9(7)8)2-3-5-6/h2-3,5H,1H3. The first kappa shape index (κ1) is 6.15. The summed E-state index contributed by atoms with van der Waals surface area (Å²) < 4.78 is 22.2. The van der Waals surface area contributed by atoms with E-state index in [1.54, 1.807) is 13.2 Å². The molecule has 0 bridgehead atoms. The van der Waals surface area contributed by atoms with Crippen molar-refractivity contribution in [2.45, 2.75) is 0 Å². The lowest BCUT2D eigenvalue weighted by atomic mass is 10.8. The van der Waals surface area contributed by atoms with E-state index in [2.05, 4.69) is 5.10 Å². The van der Waals surface area contributed by atoms with E-state index in [-0.39, 0.29) is 4.64 Å². The number of aryl methyl sites for hydroxylation is 1. The summed E-state index contributed by atoms with van der Waals surface area (Å²) in [4.78, 5) is 0. The molecule has 4 nitrogen and oxygen atoms in total. The van der Waals surface area contributed by atoms with Crippen LogP contribution in [0.1, 0.15) is 0 Å². The maximum atomic E-state index is 10.2. The van der Waals surface area contributed by atoms with Gasteiger partial charge in [0.2, 0.25) is 10.3 Å². The van der Waals surface area contributed by atoms with Crippen molar-refractivity contribution < 1.29 is 8.42 Å². The highest BCUT2D eigenvalue weighted by Crippen LogP contribution is 1.81. The average molecular weight is 146 g/mol. The van der Waals surface area contributed by atoms with Crippen molar-refractivity contribution in [2.24, 2.45) is 7.05 Å². The third-order valence-corrected chi connectivity index (χ3v) is 1.75. The van der Waals surface area contributed by atoms with Gasteiger partial charge in [-0.3, -0.25) is 4.68 Å². The molecule has 0 radical (unpaired) electrons. The molecule has 0 saturated carbocycles. The third-order valence-electron chi connectivity index (χ3n) is 0.995. The minimum atomic E-state index is -2.13. The van der Waals surface area contributed by atoms with Crippen molar-refractivity contribution in [3.05, 3.63) is 16.9 Å². The molecule has 0 fully saturated rings. The van der Waals surface area contributed by atoms with E-state index in [0.29, 0.717) is 0 Å². The summed E-state index contributed by atoms with van der Waals surface area (Å²) in [6, 6.07) is 1.49. The number of H-pyrrole nitrogens is 1. The van der Waals surface area contributed by atoms with Crippen LogP contribution >= 0.6 is 0 Å². The van der Waals surface area contributed by atoms with Gasteiger partial charge in [-0.1, -0.05) is 0 Å². The van der Waals surface area contributed by atoms with Gasteiger partial charge in [-0.15, -0.1) is 0 Å². The van der Waals surface area contributed by atoms with Crippen LogP contribution in [-0.2, 0) is 17.3 Å². The molecule has 0 aliphatic carbocycles. The van der Waals surface area contributed by atoms with Crippen LogP contribution in [0.2, 0.25) is 0 Å². The Hall–Kier alpha value is -0.970. The number of aromatic amines is 1. The third kappa shape index (κ3) is 1.05. The summed E-state index contributed by atoms with van der Waals surface area (Å²) >= 11 is 0. The SMILES string of the molecule is Cn1[nH]ccc1=S(=O)=O. The summed E-state index contributed by atoms with van der Waals surface area (Å²) in [6.07, 6.45) is 1.56. The molecule has 1 rings (SSSR count). The van der Waals surface area contributed by atoms with Gasteiger partial charge in [0.05, 0.1) is 0 Å². The van der Waals surface area contributed by atoms with Crippen LogP contribution in [-0.4, -0.2) is 18.2 Å². The topological polar surface area (TPSA) is 54.9 Å². The van der Waals surface area contributed by atoms with Crippen molar-refractivity contribution >= 4 is 10.3 Å². The zero-order valence-corrected chi connectivity index (χ0v) is 5.64. The van der Waals surface area contributed by atoms with Crippen molar-refractivity contribution in [3.63, 3.8) is 0 Å². The van der Waals surface area contributed by atoms with Crippen LogP contribution in [0.25, 0.3) is 0 Å². The fourth-order valence-electron chi connectivity index (χ4n) is 0.563. The second kappa shape index (κ2) is 2.10. The van der Waals surface area contributed by atoms with Gasteiger partial charge in [-0.25, -0.2) is 0 Å². The predicted molar refractivity (Wildman–Crippen MR) is 31.9 cm³/mol. The molecular weight excluding hydrogens is 140 g/mol. The Kier molecular flexibility index (Phi) is 1.44. The van der Waals surface area contributed by atoms with Crippen LogP contribution < -0.4 is 0 Å². The lowest BCUT2D eigenvalue weighted by molar-refractivity contribution is 0.621. The van der Waals surface area contributed by atoms with E-state index in [1.165, 1.54) is 10.7 Å². The van der Waals surface area contributed by atoms with E-state index in [9.17, 15) is 8.42 Å². The molecule has 50 valence electrons. The molecule has 0 aliphatic rings. The number of rotatable bonds is 0. The Morgan fingerprint density at radius 2 is 2.33 bits per heavy atom. The highest BCUT2D eigenvalue weighted by Gasteiger charge is 1.84. The van der Waals surface area contributed by atoms with Crippen LogP contribution in [0.15, 0.2) is 12.3 Å². The van der Waals surface area contributed by atoms with Gasteiger partial charge in [-0.05, 0) is 6.07 Å². The molecule has 1 N–H and O–H groups in total. The Bertz CT molecular complexity index is 348. The van der Waals surface area contributed by atoms with Crippen molar-refractivity contribution in [1.82, 2.24) is 9.78 Å². The maximum absolute atomic E-state index is 10.2. The molecule has 0 saturated heterocycles. The summed E-state index contributed by atoms with van der Waals surface area (Å²) in [6.45, 7) is 0. The van der Waals surface area contributed by atoms with Crippen molar-refractivity contribution in [1.29, 1.82) is 0 Å². The summed E-state index contributed by atoms with van der Waals surface area (Å²) in [7, 11) is -0.498. The first-order chi connectivity index (χ1) is 4.22. The predicted octanol–water partition coefficient (Wildman–Crippen LogP) is -0.236. The van der Waals surface area contributed by atoms with Crippen molar-refractivity contribution in [3.8, 4) is 0 Å². The second-order valence-corrected chi connectivity index (χ2v) is 2.48. The second-order valence-electron chi connectivity index (χ2n) is 1.59. The number of nitrogens with one attached hydrogen (secondary N) is 1. The zero-order valence-electron chi connectivity index (χ0n) is 4.83. The first-order valence-corrected chi connectivity index (χ1v) is 3.42. The summed E-state index contributed by atoms with van der Waals surface area (Å²) in [5, 5.41) is 2.67. The van der Waals surface area contributed by atoms with E-state index in [0.717, 1.165) is 0 Å². The van der Waals surface area contributed by atoms with E-state index < -0.39 is 10.3 Å². The molecule has 0 unspecified atom stereocenters. The number of hydrogen-bond donors (Lipinski definition) is 1. The number of hydrogen-bond acceptors (Lipinski definition) is 2.